The van der Waals surface area contributed by atoms with Gasteiger partial charge in [-0.05, 0) is 72.6 Å². The number of nitrogens with zero attached hydrogens (tertiary/aromatic N) is 1. The molecule has 0 unspecified atom stereocenters. The van der Waals surface area contributed by atoms with E-state index in [0.717, 1.165) is 40.6 Å². The highest BCUT2D eigenvalue weighted by atomic mass is 35.5. The largest absolute Gasteiger partial charge is 0.489 e. The Morgan fingerprint density at radius 1 is 1.05 bits per heavy atom. The molecule has 0 bridgehead atoms. The number of carbonyl (C=O) groups excluding carboxylic acids is 4. The molecule has 0 aliphatic carbocycles. The van der Waals surface area contributed by atoms with E-state index in [0.29, 0.717) is 17.9 Å². The molecule has 4 rings (SSSR count). The van der Waals surface area contributed by atoms with Gasteiger partial charge in [-0.1, -0.05) is 66.9 Å². The molecule has 1 saturated heterocycles. The molecule has 0 atom stereocenters. The van der Waals surface area contributed by atoms with E-state index in [-0.39, 0.29) is 27.8 Å². The van der Waals surface area contributed by atoms with Crippen LogP contribution in [-0.2, 0) is 20.9 Å². The second-order valence-corrected chi connectivity index (χ2v) is 10.7. The third-order valence-electron chi connectivity index (χ3n) is 6.04. The van der Waals surface area contributed by atoms with Crippen LogP contribution in [0.5, 0.6) is 5.75 Å². The van der Waals surface area contributed by atoms with Gasteiger partial charge < -0.3 is 14.8 Å². The number of halogens is 1. The van der Waals surface area contributed by atoms with Gasteiger partial charge in [0.15, 0.2) is 0 Å². The molecule has 3 aromatic rings. The lowest BCUT2D eigenvalue weighted by Crippen LogP contribution is -2.36. The summed E-state index contributed by atoms with van der Waals surface area (Å²) in [6, 6.07) is 19.6. The third kappa shape index (κ3) is 8.22. The van der Waals surface area contributed by atoms with Gasteiger partial charge in [-0.3, -0.25) is 19.3 Å². The Balaban J connectivity index is 1.34. The lowest BCUT2D eigenvalue weighted by Gasteiger charge is -2.13. The number of nitrogens with one attached hydrogen (secondary N) is 1. The number of thioether (sulfide) groups is 1. The predicted octanol–water partition coefficient (Wildman–Crippen LogP) is 6.86. The van der Waals surface area contributed by atoms with Gasteiger partial charge in [-0.25, -0.2) is 4.79 Å². The standard InChI is InChI=1S/C31H29ClN2O6S/c1-3-4-14-39-30(37)25-17-23(10-13-26(25)32)33-28(35)18-34-29(36)27(41-31(34)38)16-21-8-11-24(12-9-21)40-19-22-7-5-6-20(2)15-22/h5-13,15-17H,3-4,14,18-19H2,1-2H3,(H,33,35)/b27-16+. The SMILES string of the molecule is CCCCOC(=O)c1cc(NC(=O)CN2C(=O)S/C(=C/c3ccc(OCc4cccc(C)c4)cc3)C2=O)ccc1Cl. The average molecular weight is 593 g/mol. The van der Waals surface area contributed by atoms with Crippen molar-refractivity contribution >= 4 is 58.1 Å². The zero-order valence-electron chi connectivity index (χ0n) is 22.6. The minimum absolute atomic E-state index is 0.112. The zero-order chi connectivity index (χ0) is 29.4. The number of amides is 3. The van der Waals surface area contributed by atoms with Gasteiger partial charge in [-0.2, -0.15) is 0 Å². The van der Waals surface area contributed by atoms with Crippen molar-refractivity contribution in [2.24, 2.45) is 0 Å². The summed E-state index contributed by atoms with van der Waals surface area (Å²) in [5, 5.41) is 2.24. The van der Waals surface area contributed by atoms with E-state index >= 15 is 0 Å². The summed E-state index contributed by atoms with van der Waals surface area (Å²) in [6.45, 7) is 4.22. The first-order chi connectivity index (χ1) is 19.7. The molecule has 3 amide bonds. The molecule has 10 heteroatoms. The highest BCUT2D eigenvalue weighted by Gasteiger charge is 2.36. The molecule has 0 aromatic heterocycles. The van der Waals surface area contributed by atoms with E-state index in [9.17, 15) is 19.2 Å². The lowest BCUT2D eigenvalue weighted by atomic mass is 10.1. The first kappa shape index (κ1) is 29.9. The first-order valence-electron chi connectivity index (χ1n) is 13.0. The fourth-order valence-electron chi connectivity index (χ4n) is 3.91. The van der Waals surface area contributed by atoms with Gasteiger partial charge in [0.2, 0.25) is 5.91 Å². The number of hydrogen-bond donors (Lipinski definition) is 1. The molecule has 1 N–H and O–H groups in total. The first-order valence-corrected chi connectivity index (χ1v) is 14.2. The molecule has 1 fully saturated rings. The van der Waals surface area contributed by atoms with Crippen LogP contribution in [0.3, 0.4) is 0 Å². The van der Waals surface area contributed by atoms with Crippen LogP contribution < -0.4 is 10.1 Å². The zero-order valence-corrected chi connectivity index (χ0v) is 24.2. The highest BCUT2D eigenvalue weighted by Crippen LogP contribution is 2.32. The number of carbonyl (C=O) groups is 4. The molecule has 1 aliphatic rings. The Morgan fingerprint density at radius 3 is 2.56 bits per heavy atom. The Kier molecular flexibility index (Phi) is 10.2. The number of hydrogen-bond acceptors (Lipinski definition) is 7. The second kappa shape index (κ2) is 14.0. The van der Waals surface area contributed by atoms with Crippen LogP contribution in [0.15, 0.2) is 71.6 Å². The van der Waals surface area contributed by atoms with Crippen molar-refractivity contribution in [1.82, 2.24) is 4.90 Å². The maximum absolute atomic E-state index is 12.9. The second-order valence-electron chi connectivity index (χ2n) is 9.35. The lowest BCUT2D eigenvalue weighted by molar-refractivity contribution is -0.127. The summed E-state index contributed by atoms with van der Waals surface area (Å²) in [4.78, 5) is 51.5. The minimum atomic E-state index is -0.601. The van der Waals surface area contributed by atoms with Crippen LogP contribution in [0.1, 0.15) is 46.8 Å². The van der Waals surface area contributed by atoms with Crippen molar-refractivity contribution in [2.75, 3.05) is 18.5 Å². The number of unbranched alkanes of at least 4 members (excludes halogenated alkanes) is 1. The maximum Gasteiger partial charge on any atom is 0.339 e. The minimum Gasteiger partial charge on any atom is -0.489 e. The molecular formula is C31H29ClN2O6S. The smallest absolute Gasteiger partial charge is 0.339 e. The molecule has 1 aliphatic heterocycles. The predicted molar refractivity (Wildman–Crippen MR) is 160 cm³/mol. The van der Waals surface area contributed by atoms with Crippen LogP contribution in [0, 0.1) is 6.92 Å². The van der Waals surface area contributed by atoms with Gasteiger partial charge in [0.1, 0.15) is 18.9 Å². The highest BCUT2D eigenvalue weighted by molar-refractivity contribution is 8.18. The third-order valence-corrected chi connectivity index (χ3v) is 7.28. The Bertz CT molecular complexity index is 1490. The molecular weight excluding hydrogens is 564 g/mol. The summed E-state index contributed by atoms with van der Waals surface area (Å²) in [7, 11) is 0. The van der Waals surface area contributed by atoms with E-state index < -0.39 is 29.6 Å². The number of anilines is 1. The average Bonchev–Trinajstić information content (AvgIpc) is 3.21. The van der Waals surface area contributed by atoms with Crippen LogP contribution in [0.4, 0.5) is 10.5 Å². The summed E-state index contributed by atoms with van der Waals surface area (Å²) < 4.78 is 11.0. The Morgan fingerprint density at radius 2 is 1.83 bits per heavy atom. The fourth-order valence-corrected chi connectivity index (χ4v) is 4.94. The number of esters is 1. The van der Waals surface area contributed by atoms with E-state index in [1.165, 1.54) is 18.2 Å². The van der Waals surface area contributed by atoms with Crippen LogP contribution >= 0.6 is 23.4 Å². The molecule has 3 aromatic carbocycles. The Hall–Kier alpha value is -4.08. The van der Waals surface area contributed by atoms with E-state index in [1.54, 1.807) is 30.3 Å². The summed E-state index contributed by atoms with van der Waals surface area (Å²) in [5.74, 6) is -1.09. The summed E-state index contributed by atoms with van der Waals surface area (Å²) >= 11 is 6.89. The van der Waals surface area contributed by atoms with Crippen LogP contribution in [0.2, 0.25) is 5.02 Å². The van der Waals surface area contributed by atoms with Crippen molar-refractivity contribution < 1.29 is 28.7 Å². The van der Waals surface area contributed by atoms with Crippen LogP contribution in [-0.4, -0.2) is 41.1 Å². The van der Waals surface area contributed by atoms with Gasteiger partial charge in [0, 0.05) is 5.69 Å². The normalized spacial score (nSPS) is 13.9. The molecule has 8 nitrogen and oxygen atoms in total. The van der Waals surface area contributed by atoms with Crippen molar-refractivity contribution in [1.29, 1.82) is 0 Å². The monoisotopic (exact) mass is 592 g/mol. The molecule has 1 heterocycles. The number of rotatable bonds is 11. The molecule has 0 saturated carbocycles. The molecule has 212 valence electrons. The number of benzene rings is 3. The number of aryl methyl sites for hydroxylation is 1. The van der Waals surface area contributed by atoms with Gasteiger partial charge in [0.25, 0.3) is 11.1 Å². The fraction of sp³-hybridized carbons (Fsp3) is 0.226. The van der Waals surface area contributed by atoms with Gasteiger partial charge >= 0.3 is 5.97 Å². The van der Waals surface area contributed by atoms with Crippen molar-refractivity contribution in [3.63, 3.8) is 0 Å². The van der Waals surface area contributed by atoms with Crippen molar-refractivity contribution in [2.45, 2.75) is 33.3 Å². The van der Waals surface area contributed by atoms with E-state index in [4.69, 9.17) is 21.1 Å². The van der Waals surface area contributed by atoms with E-state index in [2.05, 4.69) is 11.4 Å². The number of imide groups is 1. The Labute approximate surface area is 247 Å². The number of ether oxygens (including phenoxy) is 2. The molecule has 0 spiro atoms. The quantitative estimate of drug-likeness (QED) is 0.147. The summed E-state index contributed by atoms with van der Waals surface area (Å²) in [6.07, 6.45) is 3.19. The summed E-state index contributed by atoms with van der Waals surface area (Å²) in [5.41, 5.74) is 3.33. The van der Waals surface area contributed by atoms with Gasteiger partial charge in [-0.15, -0.1) is 0 Å². The molecule has 0 radical (unpaired) electrons. The van der Waals surface area contributed by atoms with Crippen molar-refractivity contribution in [3.05, 3.63) is 98.9 Å². The molecule has 41 heavy (non-hydrogen) atoms. The van der Waals surface area contributed by atoms with Crippen molar-refractivity contribution in [3.8, 4) is 5.75 Å². The van der Waals surface area contributed by atoms with E-state index in [1.807, 2.05) is 32.0 Å². The van der Waals surface area contributed by atoms with Gasteiger partial charge in [0.05, 0.1) is 22.1 Å². The van der Waals surface area contributed by atoms with Crippen LogP contribution in [0.25, 0.3) is 6.08 Å². The maximum atomic E-state index is 12.9. The topological polar surface area (TPSA) is 102 Å².